The van der Waals surface area contributed by atoms with E-state index in [9.17, 15) is 0 Å². The van der Waals surface area contributed by atoms with E-state index in [1.54, 1.807) is 0 Å². The van der Waals surface area contributed by atoms with Crippen LogP contribution in [0.15, 0.2) is 72.9 Å². The SMILES string of the molecule is CC/C=C\CC/C=C/C=C\C=C\CCCOc1cccc(CC(C)=N)c1. The molecule has 0 heterocycles. The highest BCUT2D eigenvalue weighted by atomic mass is 16.5. The van der Waals surface area contributed by atoms with Crippen LogP contribution in [0.25, 0.3) is 0 Å². The van der Waals surface area contributed by atoms with E-state index < -0.39 is 0 Å². The van der Waals surface area contributed by atoms with Gasteiger partial charge in [-0.1, -0.05) is 67.7 Å². The van der Waals surface area contributed by atoms with Crippen LogP contribution in [-0.4, -0.2) is 12.3 Å². The first-order valence-corrected chi connectivity index (χ1v) is 9.61. The fourth-order valence-electron chi connectivity index (χ4n) is 2.40. The molecule has 0 amide bonds. The molecule has 0 fully saturated rings. The minimum atomic E-state index is 0.670. The molecule has 0 spiro atoms. The lowest BCUT2D eigenvalue weighted by molar-refractivity contribution is 0.312. The third-order valence-corrected chi connectivity index (χ3v) is 3.66. The largest absolute Gasteiger partial charge is 0.494 e. The molecule has 0 aliphatic rings. The maximum atomic E-state index is 7.56. The van der Waals surface area contributed by atoms with Gasteiger partial charge in [-0.05, 0) is 56.7 Å². The fourth-order valence-corrected chi connectivity index (χ4v) is 2.40. The number of ether oxygens (including phenoxy) is 1. The number of rotatable bonds is 13. The van der Waals surface area contributed by atoms with Crippen molar-refractivity contribution < 1.29 is 4.74 Å². The summed E-state index contributed by atoms with van der Waals surface area (Å²) in [4.78, 5) is 0. The van der Waals surface area contributed by atoms with Gasteiger partial charge in [-0.3, -0.25) is 0 Å². The fraction of sp³-hybridized carbons (Fsp3) is 0.375. The monoisotopic (exact) mass is 351 g/mol. The minimum Gasteiger partial charge on any atom is -0.494 e. The second kappa shape index (κ2) is 14.9. The lowest BCUT2D eigenvalue weighted by atomic mass is 10.1. The van der Waals surface area contributed by atoms with Gasteiger partial charge in [0.2, 0.25) is 0 Å². The van der Waals surface area contributed by atoms with Crippen LogP contribution in [0.1, 0.15) is 51.5 Å². The summed E-state index contributed by atoms with van der Waals surface area (Å²) < 4.78 is 5.79. The number of benzene rings is 1. The average molecular weight is 352 g/mol. The van der Waals surface area contributed by atoms with Crippen molar-refractivity contribution in [1.29, 1.82) is 5.41 Å². The molecule has 1 aromatic rings. The van der Waals surface area contributed by atoms with Crippen molar-refractivity contribution in [2.45, 2.75) is 52.4 Å². The molecule has 0 aromatic heterocycles. The van der Waals surface area contributed by atoms with Crippen molar-refractivity contribution in [1.82, 2.24) is 0 Å². The zero-order valence-corrected chi connectivity index (χ0v) is 16.3. The second-order valence-electron chi connectivity index (χ2n) is 6.29. The number of hydrogen-bond acceptors (Lipinski definition) is 2. The van der Waals surface area contributed by atoms with Crippen molar-refractivity contribution in [3.63, 3.8) is 0 Å². The van der Waals surface area contributed by atoms with Gasteiger partial charge in [-0.15, -0.1) is 0 Å². The van der Waals surface area contributed by atoms with Gasteiger partial charge in [-0.2, -0.15) is 0 Å². The Balaban J connectivity index is 2.12. The van der Waals surface area contributed by atoms with E-state index in [1.165, 1.54) is 0 Å². The molecule has 2 nitrogen and oxygen atoms in total. The van der Waals surface area contributed by atoms with E-state index in [-0.39, 0.29) is 0 Å². The highest BCUT2D eigenvalue weighted by Crippen LogP contribution is 2.14. The van der Waals surface area contributed by atoms with Crippen LogP contribution in [0.3, 0.4) is 0 Å². The van der Waals surface area contributed by atoms with E-state index in [4.69, 9.17) is 10.1 Å². The summed E-state index contributed by atoms with van der Waals surface area (Å²) in [5, 5.41) is 7.56. The Morgan fingerprint density at radius 3 is 2.42 bits per heavy atom. The standard InChI is InChI=1S/C24H33NO/c1-3-4-5-6-7-8-9-10-11-12-13-14-15-19-26-24-18-16-17-23(21-24)20-22(2)25/h4-5,8-13,16-18,21,25H,3,6-7,14-15,19-20H2,1-2H3/b5-4-,9-8+,11-10-,13-12+,25-22?. The summed E-state index contributed by atoms with van der Waals surface area (Å²) in [5.41, 5.74) is 1.80. The predicted molar refractivity (Wildman–Crippen MR) is 114 cm³/mol. The van der Waals surface area contributed by atoms with Gasteiger partial charge in [0.05, 0.1) is 6.61 Å². The molecule has 0 aliphatic carbocycles. The van der Waals surface area contributed by atoms with Gasteiger partial charge in [-0.25, -0.2) is 0 Å². The van der Waals surface area contributed by atoms with Crippen LogP contribution in [-0.2, 0) is 6.42 Å². The van der Waals surface area contributed by atoms with Crippen LogP contribution in [0.2, 0.25) is 0 Å². The molecular weight excluding hydrogens is 318 g/mol. The van der Waals surface area contributed by atoms with Crippen molar-refractivity contribution in [2.75, 3.05) is 6.61 Å². The first-order valence-electron chi connectivity index (χ1n) is 9.61. The van der Waals surface area contributed by atoms with Gasteiger partial charge in [0.15, 0.2) is 0 Å². The Hall–Kier alpha value is -2.35. The van der Waals surface area contributed by atoms with Crippen LogP contribution < -0.4 is 4.74 Å². The molecule has 1 N–H and O–H groups in total. The van der Waals surface area contributed by atoms with Crippen molar-refractivity contribution in [3.8, 4) is 5.75 Å². The quantitative estimate of drug-likeness (QED) is 0.179. The first kappa shape index (κ1) is 21.7. The van der Waals surface area contributed by atoms with Gasteiger partial charge in [0, 0.05) is 12.1 Å². The zero-order valence-electron chi connectivity index (χ0n) is 16.3. The summed E-state index contributed by atoms with van der Waals surface area (Å²) in [6.45, 7) is 4.70. The van der Waals surface area contributed by atoms with Crippen LogP contribution >= 0.6 is 0 Å². The van der Waals surface area contributed by atoms with Crippen molar-refractivity contribution in [3.05, 3.63) is 78.4 Å². The number of allylic oxidation sites excluding steroid dienone is 8. The Labute approximate surface area is 159 Å². The lowest BCUT2D eigenvalue weighted by Gasteiger charge is -2.07. The summed E-state index contributed by atoms with van der Waals surface area (Å²) in [7, 11) is 0. The Kier molecular flexibility index (Phi) is 12.5. The topological polar surface area (TPSA) is 33.1 Å². The van der Waals surface area contributed by atoms with E-state index in [0.717, 1.165) is 43.4 Å². The maximum absolute atomic E-state index is 7.56. The van der Waals surface area contributed by atoms with Crippen LogP contribution in [0.5, 0.6) is 5.75 Å². The smallest absolute Gasteiger partial charge is 0.119 e. The molecule has 26 heavy (non-hydrogen) atoms. The van der Waals surface area contributed by atoms with E-state index in [1.807, 2.05) is 31.2 Å². The molecule has 0 aliphatic heterocycles. The molecule has 0 saturated carbocycles. The summed E-state index contributed by atoms with van der Waals surface area (Å²) in [6, 6.07) is 8.04. The minimum absolute atomic E-state index is 0.670. The van der Waals surface area contributed by atoms with E-state index >= 15 is 0 Å². The predicted octanol–water partition coefficient (Wildman–Crippen LogP) is 6.84. The maximum Gasteiger partial charge on any atom is 0.119 e. The summed E-state index contributed by atoms with van der Waals surface area (Å²) >= 11 is 0. The molecule has 0 saturated heterocycles. The highest BCUT2D eigenvalue weighted by molar-refractivity contribution is 5.81. The first-order chi connectivity index (χ1) is 12.7. The molecule has 1 rings (SSSR count). The molecule has 0 bridgehead atoms. The summed E-state index contributed by atoms with van der Waals surface area (Å²) in [6.07, 6.45) is 23.2. The van der Waals surface area contributed by atoms with Crippen LogP contribution in [0.4, 0.5) is 0 Å². The van der Waals surface area contributed by atoms with Crippen LogP contribution in [0, 0.1) is 5.41 Å². The van der Waals surface area contributed by atoms with E-state index in [0.29, 0.717) is 18.7 Å². The number of unbranched alkanes of at least 4 members (excludes halogenated alkanes) is 2. The molecule has 0 atom stereocenters. The molecular formula is C24H33NO. The molecule has 0 unspecified atom stereocenters. The highest BCUT2D eigenvalue weighted by Gasteiger charge is 1.98. The lowest BCUT2D eigenvalue weighted by Crippen LogP contribution is -1.99. The average Bonchev–Trinajstić information content (AvgIpc) is 2.62. The van der Waals surface area contributed by atoms with Gasteiger partial charge >= 0.3 is 0 Å². The van der Waals surface area contributed by atoms with Gasteiger partial charge in [0.25, 0.3) is 0 Å². The molecule has 2 heteroatoms. The Morgan fingerprint density at radius 1 is 0.962 bits per heavy atom. The Bertz CT molecular complexity index is 623. The number of hydrogen-bond donors (Lipinski definition) is 1. The molecule has 140 valence electrons. The van der Waals surface area contributed by atoms with Gasteiger partial charge in [0.1, 0.15) is 5.75 Å². The van der Waals surface area contributed by atoms with Crippen molar-refractivity contribution >= 4 is 5.71 Å². The normalized spacial score (nSPS) is 12.1. The van der Waals surface area contributed by atoms with E-state index in [2.05, 4.69) is 55.5 Å². The zero-order chi connectivity index (χ0) is 18.9. The second-order valence-corrected chi connectivity index (χ2v) is 6.29. The summed E-state index contributed by atoms with van der Waals surface area (Å²) in [5.74, 6) is 0.895. The van der Waals surface area contributed by atoms with Crippen molar-refractivity contribution in [2.24, 2.45) is 0 Å². The molecule has 0 radical (unpaired) electrons. The van der Waals surface area contributed by atoms with Gasteiger partial charge < -0.3 is 10.1 Å². The Morgan fingerprint density at radius 2 is 1.69 bits per heavy atom. The third-order valence-electron chi connectivity index (χ3n) is 3.66. The number of nitrogens with one attached hydrogen (secondary N) is 1. The third kappa shape index (κ3) is 12.1. The molecule has 1 aromatic carbocycles.